The molecule has 0 atom stereocenters. The predicted octanol–water partition coefficient (Wildman–Crippen LogP) is 1.68. The lowest BCUT2D eigenvalue weighted by Crippen LogP contribution is -2.39. The summed E-state index contributed by atoms with van der Waals surface area (Å²) in [4.78, 5) is 24.7. The van der Waals surface area contributed by atoms with Crippen molar-refractivity contribution in [3.63, 3.8) is 0 Å². The Morgan fingerprint density at radius 3 is 2.68 bits per heavy atom. The first-order chi connectivity index (χ1) is 12.1. The summed E-state index contributed by atoms with van der Waals surface area (Å²) in [7, 11) is 3.70. The van der Waals surface area contributed by atoms with Crippen molar-refractivity contribution in [2.75, 3.05) is 31.6 Å². The van der Waals surface area contributed by atoms with E-state index in [4.69, 9.17) is 5.26 Å². The van der Waals surface area contributed by atoms with Crippen LogP contribution >= 0.6 is 0 Å². The molecule has 0 N–H and O–H groups in total. The third-order valence-electron chi connectivity index (χ3n) is 4.64. The van der Waals surface area contributed by atoms with Crippen LogP contribution in [0.3, 0.4) is 0 Å². The molecule has 2 aromatic heterocycles. The highest BCUT2D eigenvalue weighted by molar-refractivity contribution is 5.91. The molecule has 0 spiro atoms. The number of piperidine rings is 1. The third-order valence-corrected chi connectivity index (χ3v) is 4.64. The smallest absolute Gasteiger partial charge is 0.273 e. The zero-order valence-electron chi connectivity index (χ0n) is 14.6. The van der Waals surface area contributed by atoms with Crippen LogP contribution < -0.4 is 4.90 Å². The van der Waals surface area contributed by atoms with Crippen molar-refractivity contribution >= 4 is 11.6 Å². The molecule has 1 aliphatic rings. The topological polar surface area (TPSA) is 78.0 Å². The molecular weight excluding hydrogens is 316 g/mol. The van der Waals surface area contributed by atoms with Crippen LogP contribution in [0.5, 0.6) is 0 Å². The number of rotatable bonds is 4. The van der Waals surface area contributed by atoms with E-state index in [0.29, 0.717) is 17.3 Å². The second kappa shape index (κ2) is 7.34. The lowest BCUT2D eigenvalue weighted by atomic mass is 9.96. The molecule has 3 heterocycles. The molecule has 2 aromatic rings. The molecule has 7 nitrogen and oxygen atoms in total. The monoisotopic (exact) mass is 338 g/mol. The highest BCUT2D eigenvalue weighted by Crippen LogP contribution is 2.23. The van der Waals surface area contributed by atoms with Crippen LogP contribution in [0, 0.1) is 17.2 Å². The van der Waals surface area contributed by atoms with E-state index in [1.807, 2.05) is 26.2 Å². The summed E-state index contributed by atoms with van der Waals surface area (Å²) >= 11 is 0. The van der Waals surface area contributed by atoms with Gasteiger partial charge in [-0.05, 0) is 30.9 Å². The van der Waals surface area contributed by atoms with Gasteiger partial charge in [-0.3, -0.25) is 4.79 Å². The second-order valence-electron chi connectivity index (χ2n) is 6.55. The standard InChI is InChI=1S/C18H22N6O/c1-22-12-17(21-13-22)18(25)23(2)11-14-5-7-24(8-6-14)16-4-3-15(9-19)20-10-16/h3-4,10,12-14H,5-8,11H2,1-2H3. The fraction of sp³-hybridized carbons (Fsp3) is 0.444. The Labute approximate surface area is 147 Å². The highest BCUT2D eigenvalue weighted by Gasteiger charge is 2.23. The van der Waals surface area contributed by atoms with Gasteiger partial charge in [0.05, 0.1) is 18.2 Å². The quantitative estimate of drug-likeness (QED) is 0.847. The van der Waals surface area contributed by atoms with Gasteiger partial charge in [-0.15, -0.1) is 0 Å². The largest absolute Gasteiger partial charge is 0.370 e. The van der Waals surface area contributed by atoms with Crippen LogP contribution in [0.15, 0.2) is 30.9 Å². The molecule has 1 aliphatic heterocycles. The number of nitrogens with zero attached hydrogens (tertiary/aromatic N) is 6. The number of imidazole rings is 1. The van der Waals surface area contributed by atoms with Crippen molar-refractivity contribution in [1.29, 1.82) is 5.26 Å². The first-order valence-electron chi connectivity index (χ1n) is 8.41. The summed E-state index contributed by atoms with van der Waals surface area (Å²) in [6, 6.07) is 5.74. The van der Waals surface area contributed by atoms with Crippen LogP contribution in [0.4, 0.5) is 5.69 Å². The minimum Gasteiger partial charge on any atom is -0.370 e. The fourth-order valence-corrected chi connectivity index (χ4v) is 3.20. The first kappa shape index (κ1) is 17.0. The number of carbonyl (C=O) groups is 1. The van der Waals surface area contributed by atoms with Gasteiger partial charge in [0.25, 0.3) is 5.91 Å². The number of amides is 1. The van der Waals surface area contributed by atoms with Gasteiger partial charge < -0.3 is 14.4 Å². The maximum Gasteiger partial charge on any atom is 0.273 e. The minimum atomic E-state index is -0.0284. The molecule has 0 saturated carbocycles. The Morgan fingerprint density at radius 2 is 2.12 bits per heavy atom. The Balaban J connectivity index is 1.51. The van der Waals surface area contributed by atoms with E-state index in [1.165, 1.54) is 0 Å². The molecule has 0 bridgehead atoms. The average Bonchev–Trinajstić information content (AvgIpc) is 3.08. The van der Waals surface area contributed by atoms with E-state index in [0.717, 1.165) is 38.2 Å². The molecule has 130 valence electrons. The number of hydrogen-bond donors (Lipinski definition) is 0. The summed E-state index contributed by atoms with van der Waals surface area (Å²) in [6.07, 6.45) is 7.21. The molecular formula is C18H22N6O. The highest BCUT2D eigenvalue weighted by atomic mass is 16.2. The normalized spacial score (nSPS) is 15.0. The lowest BCUT2D eigenvalue weighted by Gasteiger charge is -2.35. The summed E-state index contributed by atoms with van der Waals surface area (Å²) in [5.74, 6) is 0.458. The Kier molecular flexibility index (Phi) is 4.98. The SMILES string of the molecule is CN(CC1CCN(c2ccc(C#N)nc2)CC1)C(=O)c1cn(C)cn1. The van der Waals surface area contributed by atoms with Gasteiger partial charge >= 0.3 is 0 Å². The van der Waals surface area contributed by atoms with Crippen molar-refractivity contribution in [3.05, 3.63) is 42.2 Å². The third kappa shape index (κ3) is 3.97. The zero-order chi connectivity index (χ0) is 17.8. The van der Waals surface area contributed by atoms with Gasteiger partial charge in [0, 0.05) is 39.9 Å². The molecule has 1 amide bonds. The zero-order valence-corrected chi connectivity index (χ0v) is 14.6. The predicted molar refractivity (Wildman–Crippen MR) is 94.1 cm³/mol. The van der Waals surface area contributed by atoms with Crippen LogP contribution in [-0.4, -0.2) is 52.0 Å². The van der Waals surface area contributed by atoms with E-state index < -0.39 is 0 Å². The summed E-state index contributed by atoms with van der Waals surface area (Å²) in [5.41, 5.74) is 1.98. The van der Waals surface area contributed by atoms with Gasteiger partial charge in [-0.2, -0.15) is 5.26 Å². The second-order valence-corrected chi connectivity index (χ2v) is 6.55. The van der Waals surface area contributed by atoms with Gasteiger partial charge in [0.15, 0.2) is 0 Å². The van der Waals surface area contributed by atoms with Crippen molar-refractivity contribution < 1.29 is 4.79 Å². The molecule has 3 rings (SSSR count). The number of anilines is 1. The van der Waals surface area contributed by atoms with Crippen LogP contribution in [0.25, 0.3) is 0 Å². The molecule has 0 aliphatic carbocycles. The number of carbonyl (C=O) groups excluding carboxylic acids is 1. The van der Waals surface area contributed by atoms with E-state index in [-0.39, 0.29) is 5.91 Å². The van der Waals surface area contributed by atoms with Crippen molar-refractivity contribution in [1.82, 2.24) is 19.4 Å². The van der Waals surface area contributed by atoms with Gasteiger partial charge in [0.2, 0.25) is 0 Å². The van der Waals surface area contributed by atoms with E-state index in [9.17, 15) is 4.79 Å². The van der Waals surface area contributed by atoms with Crippen molar-refractivity contribution in [2.45, 2.75) is 12.8 Å². The fourth-order valence-electron chi connectivity index (χ4n) is 3.20. The minimum absolute atomic E-state index is 0.0284. The number of pyridine rings is 1. The Hall–Kier alpha value is -2.88. The molecule has 0 unspecified atom stereocenters. The molecule has 7 heteroatoms. The molecule has 0 aromatic carbocycles. The van der Waals surface area contributed by atoms with Crippen molar-refractivity contribution in [2.24, 2.45) is 13.0 Å². The van der Waals surface area contributed by atoms with E-state index >= 15 is 0 Å². The van der Waals surface area contributed by atoms with Crippen LogP contribution in [0.1, 0.15) is 29.0 Å². The summed E-state index contributed by atoms with van der Waals surface area (Å²) in [6.45, 7) is 2.61. The first-order valence-corrected chi connectivity index (χ1v) is 8.41. The number of aryl methyl sites for hydroxylation is 1. The van der Waals surface area contributed by atoms with Gasteiger partial charge in [-0.25, -0.2) is 9.97 Å². The molecule has 0 radical (unpaired) electrons. The summed E-state index contributed by atoms with van der Waals surface area (Å²) < 4.78 is 1.78. The average molecular weight is 338 g/mol. The maximum atomic E-state index is 12.4. The van der Waals surface area contributed by atoms with Gasteiger partial charge in [-0.1, -0.05) is 0 Å². The lowest BCUT2D eigenvalue weighted by molar-refractivity contribution is 0.0759. The Morgan fingerprint density at radius 1 is 1.36 bits per heavy atom. The number of nitriles is 1. The van der Waals surface area contributed by atoms with E-state index in [1.54, 1.807) is 34.3 Å². The number of aromatic nitrogens is 3. The van der Waals surface area contributed by atoms with Crippen molar-refractivity contribution in [3.8, 4) is 6.07 Å². The Bertz CT molecular complexity index is 768. The number of hydrogen-bond acceptors (Lipinski definition) is 5. The van der Waals surface area contributed by atoms with Crippen LogP contribution in [0.2, 0.25) is 0 Å². The molecule has 1 fully saturated rings. The van der Waals surface area contributed by atoms with E-state index in [2.05, 4.69) is 14.9 Å². The maximum absolute atomic E-state index is 12.4. The summed E-state index contributed by atoms with van der Waals surface area (Å²) in [5, 5.41) is 8.82. The molecule has 25 heavy (non-hydrogen) atoms. The molecule has 1 saturated heterocycles. The van der Waals surface area contributed by atoms with Crippen LogP contribution in [-0.2, 0) is 7.05 Å². The van der Waals surface area contributed by atoms with Gasteiger partial charge in [0.1, 0.15) is 17.5 Å².